The number of nitrogens with zero attached hydrogens (tertiary/aromatic N) is 3. The van der Waals surface area contributed by atoms with Crippen molar-refractivity contribution in [3.8, 4) is 5.88 Å². The largest absolute Gasteiger partial charge is 0.475 e. The highest BCUT2D eigenvalue weighted by atomic mass is 16.5. The number of nitrogens with one attached hydrogen (secondary N) is 2. The highest BCUT2D eigenvalue weighted by molar-refractivity contribution is 5.86. The van der Waals surface area contributed by atoms with Crippen LogP contribution >= 0.6 is 0 Å². The van der Waals surface area contributed by atoms with Gasteiger partial charge < -0.3 is 20.3 Å². The van der Waals surface area contributed by atoms with Gasteiger partial charge in [-0.05, 0) is 37.8 Å². The van der Waals surface area contributed by atoms with Crippen molar-refractivity contribution >= 4 is 11.9 Å². The first-order chi connectivity index (χ1) is 12.3. The van der Waals surface area contributed by atoms with Gasteiger partial charge in [-0.1, -0.05) is 13.8 Å². The zero-order chi connectivity index (χ0) is 19.5. The lowest BCUT2D eigenvalue weighted by Gasteiger charge is -2.16. The van der Waals surface area contributed by atoms with Gasteiger partial charge in [0, 0.05) is 32.9 Å². The number of hydrogen-bond acceptors (Lipinski definition) is 4. The van der Waals surface area contributed by atoms with Crippen molar-refractivity contribution in [2.45, 2.75) is 46.8 Å². The molecule has 7 heteroatoms. The minimum Gasteiger partial charge on any atom is -0.475 e. The molecule has 0 aromatic carbocycles. The molecule has 7 nitrogen and oxygen atoms in total. The highest BCUT2D eigenvalue weighted by Crippen LogP contribution is 2.15. The summed E-state index contributed by atoms with van der Waals surface area (Å²) in [6, 6.07) is 3.83. The Hall–Kier alpha value is -2.31. The molecule has 1 unspecified atom stereocenters. The molecule has 1 aromatic heterocycles. The quantitative estimate of drug-likeness (QED) is 0.518. The molecule has 0 saturated heterocycles. The Bertz CT molecular complexity index is 587. The molecule has 1 atom stereocenters. The Morgan fingerprint density at radius 1 is 1.31 bits per heavy atom. The van der Waals surface area contributed by atoms with Crippen LogP contribution in [0.1, 0.15) is 39.7 Å². The molecule has 0 bridgehead atoms. The van der Waals surface area contributed by atoms with Gasteiger partial charge in [-0.15, -0.1) is 0 Å². The molecule has 2 N–H and O–H groups in total. The van der Waals surface area contributed by atoms with Crippen LogP contribution < -0.4 is 15.4 Å². The molecular formula is C19H33N5O2. The molecule has 0 aliphatic heterocycles. The molecule has 26 heavy (non-hydrogen) atoms. The van der Waals surface area contributed by atoms with E-state index in [9.17, 15) is 4.79 Å². The maximum absolute atomic E-state index is 11.7. The first-order valence-corrected chi connectivity index (χ1v) is 9.15. The first kappa shape index (κ1) is 21.7. The molecule has 0 radical (unpaired) electrons. The maximum atomic E-state index is 11.7. The van der Waals surface area contributed by atoms with E-state index in [1.807, 2.05) is 19.1 Å². The Morgan fingerprint density at radius 2 is 2.04 bits per heavy atom. The number of carbonyl (C=O) groups excluding carboxylic acids is 1. The fourth-order valence-electron chi connectivity index (χ4n) is 2.36. The number of ether oxygens (including phenoxy) is 1. The molecule has 1 amide bonds. The van der Waals surface area contributed by atoms with Crippen molar-refractivity contribution in [2.75, 3.05) is 27.2 Å². The van der Waals surface area contributed by atoms with Gasteiger partial charge >= 0.3 is 0 Å². The summed E-state index contributed by atoms with van der Waals surface area (Å²) in [7, 11) is 3.46. The summed E-state index contributed by atoms with van der Waals surface area (Å²) >= 11 is 0. The summed E-state index contributed by atoms with van der Waals surface area (Å²) < 4.78 is 5.88. The molecule has 1 rings (SSSR count). The molecule has 1 heterocycles. The number of carbonyl (C=O) groups is 1. The number of pyridine rings is 1. The van der Waals surface area contributed by atoms with Crippen molar-refractivity contribution in [1.29, 1.82) is 0 Å². The van der Waals surface area contributed by atoms with Crippen LogP contribution in [0.25, 0.3) is 0 Å². The van der Waals surface area contributed by atoms with Crippen LogP contribution in [0.2, 0.25) is 0 Å². The number of rotatable bonds is 9. The predicted octanol–water partition coefficient (Wildman–Crippen LogP) is 2.04. The minimum atomic E-state index is -0.00524. The third-order valence-electron chi connectivity index (χ3n) is 3.59. The topological polar surface area (TPSA) is 78.9 Å². The maximum Gasteiger partial charge on any atom is 0.241 e. The lowest BCUT2D eigenvalue weighted by molar-refractivity contribution is -0.127. The number of aromatic nitrogens is 1. The molecule has 146 valence electrons. The first-order valence-electron chi connectivity index (χ1n) is 9.15. The number of aliphatic imine (C=N–C) groups is 1. The summed E-state index contributed by atoms with van der Waals surface area (Å²) in [5.41, 5.74) is 1.00. The van der Waals surface area contributed by atoms with E-state index < -0.39 is 0 Å². The Morgan fingerprint density at radius 3 is 2.65 bits per heavy atom. The third kappa shape index (κ3) is 8.69. The van der Waals surface area contributed by atoms with Crippen LogP contribution in [0.15, 0.2) is 23.3 Å². The van der Waals surface area contributed by atoms with Gasteiger partial charge in [-0.3, -0.25) is 4.79 Å². The van der Waals surface area contributed by atoms with E-state index in [-0.39, 0.29) is 18.6 Å². The zero-order valence-corrected chi connectivity index (χ0v) is 16.9. The van der Waals surface area contributed by atoms with Crippen molar-refractivity contribution in [3.63, 3.8) is 0 Å². The van der Waals surface area contributed by atoms with E-state index in [4.69, 9.17) is 4.74 Å². The van der Waals surface area contributed by atoms with Gasteiger partial charge in [0.2, 0.25) is 11.8 Å². The van der Waals surface area contributed by atoms with Crippen molar-refractivity contribution in [2.24, 2.45) is 10.9 Å². The van der Waals surface area contributed by atoms with E-state index >= 15 is 0 Å². The molecule has 0 aliphatic rings. The molecular weight excluding hydrogens is 330 g/mol. The van der Waals surface area contributed by atoms with E-state index in [1.165, 1.54) is 0 Å². The molecule has 0 spiro atoms. The normalized spacial score (nSPS) is 12.7. The smallest absolute Gasteiger partial charge is 0.241 e. The SMILES string of the molecule is CCNC(=NCc1ccnc(OC(C)CC(C)C)c1)NCC(=O)N(C)C. The van der Waals surface area contributed by atoms with Gasteiger partial charge in [-0.2, -0.15) is 0 Å². The summed E-state index contributed by atoms with van der Waals surface area (Å²) in [5, 5.41) is 6.18. The molecule has 1 aromatic rings. The van der Waals surface area contributed by atoms with Gasteiger partial charge in [0.05, 0.1) is 19.2 Å². The van der Waals surface area contributed by atoms with Crippen LogP contribution in [0.3, 0.4) is 0 Å². The molecule has 0 fully saturated rings. The van der Waals surface area contributed by atoms with Crippen LogP contribution in [-0.4, -0.2) is 55.0 Å². The number of guanidine groups is 1. The zero-order valence-electron chi connectivity index (χ0n) is 16.9. The lowest BCUT2D eigenvalue weighted by atomic mass is 10.1. The fraction of sp³-hybridized carbons (Fsp3) is 0.632. The number of amides is 1. The van der Waals surface area contributed by atoms with E-state index in [2.05, 4.69) is 41.4 Å². The summed E-state index contributed by atoms with van der Waals surface area (Å²) in [6.45, 7) is 9.79. The van der Waals surface area contributed by atoms with Crippen LogP contribution in [0.4, 0.5) is 0 Å². The van der Waals surface area contributed by atoms with Gasteiger partial charge in [0.15, 0.2) is 5.96 Å². The lowest BCUT2D eigenvalue weighted by Crippen LogP contribution is -2.42. The van der Waals surface area contributed by atoms with E-state index in [0.717, 1.165) is 18.5 Å². The van der Waals surface area contributed by atoms with Crippen molar-refractivity contribution < 1.29 is 9.53 Å². The number of hydrogen-bond donors (Lipinski definition) is 2. The summed E-state index contributed by atoms with van der Waals surface area (Å²) in [6.07, 6.45) is 2.84. The highest BCUT2D eigenvalue weighted by Gasteiger charge is 2.09. The average molecular weight is 364 g/mol. The van der Waals surface area contributed by atoms with E-state index in [0.29, 0.717) is 24.3 Å². The van der Waals surface area contributed by atoms with Gasteiger partial charge in [0.25, 0.3) is 0 Å². The van der Waals surface area contributed by atoms with Crippen molar-refractivity contribution in [1.82, 2.24) is 20.5 Å². The fourth-order valence-corrected chi connectivity index (χ4v) is 2.36. The van der Waals surface area contributed by atoms with E-state index in [1.54, 1.807) is 25.2 Å². The standard InChI is InChI=1S/C19H33N5O2/c1-7-20-19(23-13-18(25)24(5)6)22-12-16-8-9-21-17(11-16)26-15(4)10-14(2)3/h8-9,11,14-15H,7,10,12-13H2,1-6H3,(H2,20,22,23). The monoisotopic (exact) mass is 363 g/mol. The predicted molar refractivity (Wildman–Crippen MR) is 105 cm³/mol. The van der Waals surface area contributed by atoms with Gasteiger partial charge in [0.1, 0.15) is 0 Å². The van der Waals surface area contributed by atoms with Crippen LogP contribution in [-0.2, 0) is 11.3 Å². The third-order valence-corrected chi connectivity index (χ3v) is 3.59. The van der Waals surface area contributed by atoms with Crippen LogP contribution in [0.5, 0.6) is 5.88 Å². The number of likely N-dealkylation sites (N-methyl/N-ethyl adjacent to an activating group) is 1. The second kappa shape index (κ2) is 11.3. The summed E-state index contributed by atoms with van der Waals surface area (Å²) in [5.74, 6) is 1.80. The molecule has 0 saturated carbocycles. The Balaban J connectivity index is 2.68. The van der Waals surface area contributed by atoms with Crippen molar-refractivity contribution in [3.05, 3.63) is 23.9 Å². The van der Waals surface area contributed by atoms with Gasteiger partial charge in [-0.25, -0.2) is 9.98 Å². The Kier molecular flexibility index (Phi) is 9.47. The second-order valence-corrected chi connectivity index (χ2v) is 6.90. The second-order valence-electron chi connectivity index (χ2n) is 6.90. The average Bonchev–Trinajstić information content (AvgIpc) is 2.56. The minimum absolute atomic E-state index is 0.00524. The van der Waals surface area contributed by atoms with Crippen LogP contribution in [0, 0.1) is 5.92 Å². The summed E-state index contributed by atoms with van der Waals surface area (Å²) in [4.78, 5) is 22.0. The Labute approximate surface area is 157 Å². The molecule has 0 aliphatic carbocycles.